The third-order valence-electron chi connectivity index (χ3n) is 5.79. The van der Waals surface area contributed by atoms with E-state index >= 15 is 0 Å². The van der Waals surface area contributed by atoms with Crippen LogP contribution in [0.4, 0.5) is 0 Å². The molecule has 5 unspecified atom stereocenters. The predicted molar refractivity (Wildman–Crippen MR) is 82.7 cm³/mol. The van der Waals surface area contributed by atoms with Gasteiger partial charge < -0.3 is 10.1 Å². The Bertz CT molecular complexity index is 303. The van der Waals surface area contributed by atoms with Crippen molar-refractivity contribution >= 4 is 11.8 Å². The van der Waals surface area contributed by atoms with Crippen LogP contribution in [0.2, 0.25) is 0 Å². The monoisotopic (exact) mass is 283 g/mol. The molecule has 2 heterocycles. The van der Waals surface area contributed by atoms with Gasteiger partial charge in [-0.2, -0.15) is 11.8 Å². The Balaban J connectivity index is 1.62. The minimum absolute atomic E-state index is 0.267. The lowest BCUT2D eigenvalue weighted by Crippen LogP contribution is -2.43. The molecule has 2 nitrogen and oxygen atoms in total. The maximum Gasteiger partial charge on any atom is 0.0783 e. The third kappa shape index (κ3) is 2.84. The van der Waals surface area contributed by atoms with Gasteiger partial charge in [0.15, 0.2) is 0 Å². The lowest BCUT2D eigenvalue weighted by Gasteiger charge is -2.41. The van der Waals surface area contributed by atoms with Crippen LogP contribution in [0, 0.1) is 17.8 Å². The largest absolute Gasteiger partial charge is 0.374 e. The van der Waals surface area contributed by atoms with E-state index in [-0.39, 0.29) is 5.60 Å². The first-order valence-corrected chi connectivity index (χ1v) is 9.35. The molecule has 0 radical (unpaired) electrons. The van der Waals surface area contributed by atoms with Crippen LogP contribution < -0.4 is 5.32 Å². The van der Waals surface area contributed by atoms with Gasteiger partial charge in [0, 0.05) is 18.4 Å². The fraction of sp³-hybridized carbons (Fsp3) is 1.00. The second-order valence-corrected chi connectivity index (χ2v) is 7.96. The summed E-state index contributed by atoms with van der Waals surface area (Å²) in [5, 5.41) is 3.69. The summed E-state index contributed by atoms with van der Waals surface area (Å²) < 4.78 is 6.19. The predicted octanol–water partition coefficient (Wildman–Crippen LogP) is 3.31. The molecule has 1 spiro atoms. The molecule has 5 atom stereocenters. The molecule has 3 rings (SSSR count). The molecule has 1 saturated carbocycles. The number of hydrogen-bond donors (Lipinski definition) is 1. The van der Waals surface area contributed by atoms with E-state index < -0.39 is 0 Å². The zero-order valence-corrected chi connectivity index (χ0v) is 13.3. The molecule has 1 aliphatic carbocycles. The summed E-state index contributed by atoms with van der Waals surface area (Å²) in [6.45, 7) is 6.85. The molecule has 110 valence electrons. The Hall–Kier alpha value is 0.270. The van der Waals surface area contributed by atoms with Crippen LogP contribution in [0.5, 0.6) is 0 Å². The van der Waals surface area contributed by atoms with Crippen molar-refractivity contribution in [3.63, 3.8) is 0 Å². The van der Waals surface area contributed by atoms with E-state index in [0.717, 1.165) is 36.9 Å². The van der Waals surface area contributed by atoms with Gasteiger partial charge in [-0.3, -0.25) is 0 Å². The van der Waals surface area contributed by atoms with Gasteiger partial charge in [-0.15, -0.1) is 0 Å². The van der Waals surface area contributed by atoms with Crippen LogP contribution in [-0.4, -0.2) is 36.3 Å². The van der Waals surface area contributed by atoms with Crippen molar-refractivity contribution in [3.05, 3.63) is 0 Å². The number of ether oxygens (including phenoxy) is 1. The van der Waals surface area contributed by atoms with Crippen LogP contribution in [-0.2, 0) is 4.74 Å². The van der Waals surface area contributed by atoms with Crippen molar-refractivity contribution in [1.29, 1.82) is 0 Å². The minimum Gasteiger partial charge on any atom is -0.374 e. The van der Waals surface area contributed by atoms with Gasteiger partial charge >= 0.3 is 0 Å². The highest BCUT2D eigenvalue weighted by atomic mass is 32.2. The molecule has 0 aromatic carbocycles. The van der Waals surface area contributed by atoms with Gasteiger partial charge in [0.2, 0.25) is 0 Å². The summed E-state index contributed by atoms with van der Waals surface area (Å²) in [5.74, 6) is 5.28. The van der Waals surface area contributed by atoms with E-state index in [1.807, 2.05) is 0 Å². The minimum atomic E-state index is 0.267. The molecule has 0 amide bonds. The summed E-state index contributed by atoms with van der Waals surface area (Å²) in [6.07, 6.45) is 6.77. The molecule has 2 saturated heterocycles. The van der Waals surface area contributed by atoms with E-state index in [2.05, 4.69) is 30.9 Å². The van der Waals surface area contributed by atoms with Gasteiger partial charge in [0.1, 0.15) is 0 Å². The van der Waals surface area contributed by atoms with Crippen LogP contribution in [0.1, 0.15) is 46.0 Å². The average molecular weight is 283 g/mol. The van der Waals surface area contributed by atoms with Crippen LogP contribution >= 0.6 is 11.8 Å². The molecule has 3 fully saturated rings. The standard InChI is InChI=1S/C16H29NOS/c1-3-17-15-5-4-14(12(15)2)13-6-8-18-16(10-13)7-9-19-11-16/h12-15,17H,3-11H2,1-2H3. The van der Waals surface area contributed by atoms with E-state index in [1.54, 1.807) is 0 Å². The van der Waals surface area contributed by atoms with Gasteiger partial charge in [-0.25, -0.2) is 0 Å². The fourth-order valence-electron chi connectivity index (χ4n) is 4.71. The topological polar surface area (TPSA) is 21.3 Å². The summed E-state index contributed by atoms with van der Waals surface area (Å²) in [4.78, 5) is 0. The van der Waals surface area contributed by atoms with E-state index in [0.29, 0.717) is 0 Å². The average Bonchev–Trinajstić information content (AvgIpc) is 2.99. The maximum atomic E-state index is 6.19. The zero-order chi connectivity index (χ0) is 13.3. The first-order chi connectivity index (χ1) is 9.24. The Morgan fingerprint density at radius 3 is 2.95 bits per heavy atom. The van der Waals surface area contributed by atoms with Gasteiger partial charge in [-0.05, 0) is 62.2 Å². The quantitative estimate of drug-likeness (QED) is 0.858. The van der Waals surface area contributed by atoms with Crippen molar-refractivity contribution in [3.8, 4) is 0 Å². The van der Waals surface area contributed by atoms with Crippen LogP contribution in [0.25, 0.3) is 0 Å². The van der Waals surface area contributed by atoms with Crippen molar-refractivity contribution in [2.24, 2.45) is 17.8 Å². The number of hydrogen-bond acceptors (Lipinski definition) is 3. The molecule has 3 aliphatic rings. The van der Waals surface area contributed by atoms with E-state index in [1.165, 1.54) is 43.6 Å². The van der Waals surface area contributed by atoms with Crippen LogP contribution in [0.15, 0.2) is 0 Å². The molecule has 0 aromatic rings. The molecule has 0 aromatic heterocycles. The van der Waals surface area contributed by atoms with E-state index in [9.17, 15) is 0 Å². The lowest BCUT2D eigenvalue weighted by atomic mass is 9.74. The molecule has 3 heteroatoms. The highest BCUT2D eigenvalue weighted by molar-refractivity contribution is 7.99. The van der Waals surface area contributed by atoms with Crippen molar-refractivity contribution < 1.29 is 4.74 Å². The Morgan fingerprint density at radius 1 is 1.32 bits per heavy atom. The lowest BCUT2D eigenvalue weighted by molar-refractivity contribution is -0.0917. The molecule has 0 bridgehead atoms. The summed E-state index contributed by atoms with van der Waals surface area (Å²) >= 11 is 2.10. The highest BCUT2D eigenvalue weighted by Gasteiger charge is 2.45. The molecule has 19 heavy (non-hydrogen) atoms. The molecule has 2 aliphatic heterocycles. The second kappa shape index (κ2) is 5.95. The summed E-state index contributed by atoms with van der Waals surface area (Å²) in [5.41, 5.74) is 0.267. The van der Waals surface area contributed by atoms with Crippen molar-refractivity contribution in [2.75, 3.05) is 24.7 Å². The summed E-state index contributed by atoms with van der Waals surface area (Å²) in [7, 11) is 0. The molecule has 1 N–H and O–H groups in total. The SMILES string of the molecule is CCNC1CCC(C2CCOC3(CCSC3)C2)C1C. The Kier molecular flexibility index (Phi) is 4.45. The van der Waals surface area contributed by atoms with E-state index in [4.69, 9.17) is 4.74 Å². The van der Waals surface area contributed by atoms with Crippen LogP contribution in [0.3, 0.4) is 0 Å². The van der Waals surface area contributed by atoms with Crippen molar-refractivity contribution in [2.45, 2.75) is 57.6 Å². The number of thioether (sulfide) groups is 1. The fourth-order valence-corrected chi connectivity index (χ4v) is 6.08. The summed E-state index contributed by atoms with van der Waals surface area (Å²) in [6, 6.07) is 0.770. The van der Waals surface area contributed by atoms with Gasteiger partial charge in [0.05, 0.1) is 5.60 Å². The third-order valence-corrected chi connectivity index (χ3v) is 7.01. The number of nitrogens with one attached hydrogen (secondary N) is 1. The highest BCUT2D eigenvalue weighted by Crippen LogP contribution is 2.47. The second-order valence-electron chi connectivity index (χ2n) is 6.85. The molecular weight excluding hydrogens is 254 g/mol. The molecular formula is C16H29NOS. The zero-order valence-electron chi connectivity index (χ0n) is 12.5. The number of rotatable bonds is 3. The van der Waals surface area contributed by atoms with Gasteiger partial charge in [-0.1, -0.05) is 13.8 Å². The van der Waals surface area contributed by atoms with Gasteiger partial charge in [0.25, 0.3) is 0 Å². The normalized spacial score (nSPS) is 47.1. The smallest absolute Gasteiger partial charge is 0.0783 e. The van der Waals surface area contributed by atoms with Crippen molar-refractivity contribution in [1.82, 2.24) is 5.32 Å². The Morgan fingerprint density at radius 2 is 2.21 bits per heavy atom. The first-order valence-electron chi connectivity index (χ1n) is 8.19. The Labute approximate surface area is 122 Å². The maximum absolute atomic E-state index is 6.19. The first kappa shape index (κ1) is 14.2.